The van der Waals surface area contributed by atoms with E-state index >= 15 is 0 Å². The molecule has 1 fully saturated rings. The number of ether oxygens (including phenoxy) is 1. The van der Waals surface area contributed by atoms with Gasteiger partial charge in [0.2, 0.25) is 11.8 Å². The van der Waals surface area contributed by atoms with E-state index < -0.39 is 5.91 Å². The topological polar surface area (TPSA) is 87.7 Å². The van der Waals surface area contributed by atoms with Gasteiger partial charge in [-0.3, -0.25) is 25.2 Å². The molecule has 0 saturated carbocycles. The fraction of sp³-hybridized carbons (Fsp3) is 0.438. The van der Waals surface area contributed by atoms with Crippen LogP contribution in [0.3, 0.4) is 0 Å². The van der Waals surface area contributed by atoms with Gasteiger partial charge >= 0.3 is 0 Å². The number of carbonyl (C=O) groups is 3. The molecule has 1 aromatic rings. The molecule has 0 aromatic heterocycles. The predicted molar refractivity (Wildman–Crippen MR) is 88.6 cm³/mol. The molecule has 1 heterocycles. The van der Waals surface area contributed by atoms with Gasteiger partial charge in [0.15, 0.2) is 0 Å². The van der Waals surface area contributed by atoms with Gasteiger partial charge in [0.05, 0.1) is 18.6 Å². The lowest BCUT2D eigenvalue weighted by molar-refractivity contribution is -0.134. The summed E-state index contributed by atoms with van der Waals surface area (Å²) in [6.07, 6.45) is 1.43. The molecule has 2 rings (SSSR count). The Morgan fingerprint density at radius 1 is 1.29 bits per heavy atom. The minimum absolute atomic E-state index is 0.0554. The summed E-state index contributed by atoms with van der Waals surface area (Å²) in [5.41, 5.74) is 4.99. The van der Waals surface area contributed by atoms with Crippen molar-refractivity contribution in [2.24, 2.45) is 5.92 Å². The Labute approximate surface area is 145 Å². The summed E-state index contributed by atoms with van der Waals surface area (Å²) in [5, 5.41) is 0.386. The number of carbonyl (C=O) groups excluding carboxylic acids is 3. The van der Waals surface area contributed by atoms with E-state index in [-0.39, 0.29) is 23.3 Å². The van der Waals surface area contributed by atoms with E-state index in [0.717, 1.165) is 6.42 Å². The SMILES string of the molecule is COc1ccc(Cl)cc1C(=O)NNC(=O)[C@H]1CCCN(C(C)=O)C1. The van der Waals surface area contributed by atoms with Crippen LogP contribution >= 0.6 is 11.6 Å². The first-order chi connectivity index (χ1) is 11.4. The summed E-state index contributed by atoms with van der Waals surface area (Å²) in [6.45, 7) is 2.50. The quantitative estimate of drug-likeness (QED) is 0.803. The molecule has 24 heavy (non-hydrogen) atoms. The van der Waals surface area contributed by atoms with Crippen molar-refractivity contribution in [2.45, 2.75) is 19.8 Å². The van der Waals surface area contributed by atoms with E-state index in [4.69, 9.17) is 16.3 Å². The highest BCUT2D eigenvalue weighted by molar-refractivity contribution is 6.31. The molecule has 0 aliphatic carbocycles. The third-order valence-electron chi connectivity index (χ3n) is 3.94. The van der Waals surface area contributed by atoms with Crippen LogP contribution in [-0.2, 0) is 9.59 Å². The van der Waals surface area contributed by atoms with Crippen LogP contribution in [0.4, 0.5) is 0 Å². The lowest BCUT2D eigenvalue weighted by Gasteiger charge is -2.31. The van der Waals surface area contributed by atoms with Gasteiger partial charge in [-0.2, -0.15) is 0 Å². The maximum Gasteiger partial charge on any atom is 0.273 e. The fourth-order valence-corrected chi connectivity index (χ4v) is 2.79. The molecule has 0 spiro atoms. The molecule has 2 N–H and O–H groups in total. The second-order valence-electron chi connectivity index (χ2n) is 5.59. The van der Waals surface area contributed by atoms with Gasteiger partial charge in [0, 0.05) is 25.0 Å². The van der Waals surface area contributed by atoms with E-state index in [0.29, 0.717) is 30.3 Å². The van der Waals surface area contributed by atoms with Crippen molar-refractivity contribution in [3.8, 4) is 5.75 Å². The van der Waals surface area contributed by atoms with Crippen LogP contribution in [0.25, 0.3) is 0 Å². The Kier molecular flexibility index (Phi) is 6.03. The van der Waals surface area contributed by atoms with Gasteiger partial charge in [-0.05, 0) is 31.0 Å². The maximum absolute atomic E-state index is 12.2. The van der Waals surface area contributed by atoms with E-state index in [1.165, 1.54) is 20.1 Å². The highest BCUT2D eigenvalue weighted by Gasteiger charge is 2.27. The number of nitrogens with zero attached hydrogens (tertiary/aromatic N) is 1. The molecule has 1 aliphatic rings. The molecule has 1 aromatic carbocycles. The van der Waals surface area contributed by atoms with Gasteiger partial charge < -0.3 is 9.64 Å². The average molecular weight is 354 g/mol. The Hall–Kier alpha value is -2.28. The first-order valence-corrected chi connectivity index (χ1v) is 7.99. The number of likely N-dealkylation sites (tertiary alicyclic amines) is 1. The Morgan fingerprint density at radius 2 is 2.04 bits per heavy atom. The highest BCUT2D eigenvalue weighted by Crippen LogP contribution is 2.22. The Morgan fingerprint density at radius 3 is 2.71 bits per heavy atom. The first kappa shape index (κ1) is 18.1. The number of amides is 3. The Bertz CT molecular complexity index is 650. The van der Waals surface area contributed by atoms with Gasteiger partial charge in [-0.1, -0.05) is 11.6 Å². The molecule has 130 valence electrons. The van der Waals surface area contributed by atoms with E-state index in [1.54, 1.807) is 17.0 Å². The molecule has 1 atom stereocenters. The summed E-state index contributed by atoms with van der Waals surface area (Å²) in [7, 11) is 1.44. The van der Waals surface area contributed by atoms with Crippen molar-refractivity contribution >= 4 is 29.3 Å². The summed E-state index contributed by atoms with van der Waals surface area (Å²) in [4.78, 5) is 37.5. The summed E-state index contributed by atoms with van der Waals surface area (Å²) >= 11 is 5.89. The molecular formula is C16H20ClN3O4. The van der Waals surface area contributed by atoms with Crippen molar-refractivity contribution in [2.75, 3.05) is 20.2 Å². The van der Waals surface area contributed by atoms with Crippen molar-refractivity contribution in [1.82, 2.24) is 15.8 Å². The molecule has 3 amide bonds. The number of piperidine rings is 1. The zero-order chi connectivity index (χ0) is 17.7. The predicted octanol–water partition coefficient (Wildman–Crippen LogP) is 1.37. The van der Waals surface area contributed by atoms with Crippen LogP contribution in [0, 0.1) is 5.92 Å². The van der Waals surface area contributed by atoms with E-state index in [1.807, 2.05) is 0 Å². The van der Waals surface area contributed by atoms with Gasteiger partial charge in [0.1, 0.15) is 5.75 Å². The summed E-state index contributed by atoms with van der Waals surface area (Å²) in [5.74, 6) is -0.895. The molecule has 8 heteroatoms. The molecule has 0 unspecified atom stereocenters. The highest BCUT2D eigenvalue weighted by atomic mass is 35.5. The van der Waals surface area contributed by atoms with E-state index in [2.05, 4.69) is 10.9 Å². The zero-order valence-corrected chi connectivity index (χ0v) is 14.4. The van der Waals surface area contributed by atoms with Crippen LogP contribution in [0.5, 0.6) is 5.75 Å². The number of hydrazine groups is 1. The van der Waals surface area contributed by atoms with Crippen molar-refractivity contribution in [3.05, 3.63) is 28.8 Å². The van der Waals surface area contributed by atoms with Crippen LogP contribution in [-0.4, -0.2) is 42.8 Å². The van der Waals surface area contributed by atoms with Crippen LogP contribution < -0.4 is 15.6 Å². The lowest BCUT2D eigenvalue weighted by atomic mass is 9.97. The minimum atomic E-state index is -0.526. The summed E-state index contributed by atoms with van der Waals surface area (Å²) < 4.78 is 5.11. The number of nitrogens with one attached hydrogen (secondary N) is 2. The molecule has 1 aliphatic heterocycles. The third-order valence-corrected chi connectivity index (χ3v) is 4.18. The molecular weight excluding hydrogens is 334 g/mol. The first-order valence-electron chi connectivity index (χ1n) is 7.61. The number of hydrogen-bond donors (Lipinski definition) is 2. The number of methoxy groups -OCH3 is 1. The maximum atomic E-state index is 12.2. The Balaban J connectivity index is 1.95. The average Bonchev–Trinajstić information content (AvgIpc) is 2.59. The number of halogens is 1. The van der Waals surface area contributed by atoms with Crippen LogP contribution in [0.15, 0.2) is 18.2 Å². The smallest absolute Gasteiger partial charge is 0.273 e. The molecule has 7 nitrogen and oxygen atoms in total. The third kappa shape index (κ3) is 4.38. The fourth-order valence-electron chi connectivity index (χ4n) is 2.62. The lowest BCUT2D eigenvalue weighted by Crippen LogP contribution is -2.49. The second kappa shape index (κ2) is 8.01. The number of benzene rings is 1. The standard InChI is InChI=1S/C16H20ClN3O4/c1-10(21)20-7-3-4-11(9-20)15(22)18-19-16(23)13-8-12(17)5-6-14(13)24-2/h5-6,8,11H,3-4,7,9H2,1-2H3,(H,18,22)(H,19,23)/t11-/m0/s1. The second-order valence-corrected chi connectivity index (χ2v) is 6.03. The minimum Gasteiger partial charge on any atom is -0.496 e. The number of hydrogen-bond acceptors (Lipinski definition) is 4. The normalized spacial score (nSPS) is 17.1. The van der Waals surface area contributed by atoms with Crippen LogP contribution in [0.2, 0.25) is 5.02 Å². The van der Waals surface area contributed by atoms with Crippen molar-refractivity contribution < 1.29 is 19.1 Å². The van der Waals surface area contributed by atoms with Gasteiger partial charge in [0.25, 0.3) is 5.91 Å². The largest absolute Gasteiger partial charge is 0.496 e. The van der Waals surface area contributed by atoms with Gasteiger partial charge in [-0.15, -0.1) is 0 Å². The van der Waals surface area contributed by atoms with Crippen LogP contribution in [0.1, 0.15) is 30.1 Å². The monoisotopic (exact) mass is 353 g/mol. The summed E-state index contributed by atoms with van der Waals surface area (Å²) in [6, 6.07) is 4.64. The number of rotatable bonds is 3. The molecule has 0 radical (unpaired) electrons. The van der Waals surface area contributed by atoms with E-state index in [9.17, 15) is 14.4 Å². The van der Waals surface area contributed by atoms with Crippen molar-refractivity contribution in [1.29, 1.82) is 0 Å². The van der Waals surface area contributed by atoms with Gasteiger partial charge in [-0.25, -0.2) is 0 Å². The molecule has 1 saturated heterocycles. The molecule has 0 bridgehead atoms. The zero-order valence-electron chi connectivity index (χ0n) is 13.6. The van der Waals surface area contributed by atoms with Crippen molar-refractivity contribution in [3.63, 3.8) is 0 Å².